The summed E-state index contributed by atoms with van der Waals surface area (Å²) in [6.45, 7) is 3.31. The van der Waals surface area contributed by atoms with Gasteiger partial charge in [-0.25, -0.2) is 0 Å². The normalized spacial score (nSPS) is 14.8. The van der Waals surface area contributed by atoms with E-state index in [1.54, 1.807) is 30.5 Å². The maximum absolute atomic E-state index is 13.2. The summed E-state index contributed by atoms with van der Waals surface area (Å²) in [7, 11) is 0. The molecule has 4 rings (SSSR count). The number of carbonyl (C=O) groups is 3. The Morgan fingerprint density at radius 1 is 0.971 bits per heavy atom. The summed E-state index contributed by atoms with van der Waals surface area (Å²) in [4.78, 5) is 40.7. The van der Waals surface area contributed by atoms with Crippen LogP contribution in [-0.4, -0.2) is 41.8 Å². The lowest BCUT2D eigenvalue weighted by Gasteiger charge is -2.36. The Kier molecular flexibility index (Phi) is 7.98. The molecular formula is C28H31N3O4. The number of likely N-dealkylation sites (tertiary alicyclic amines) is 1. The van der Waals surface area contributed by atoms with Gasteiger partial charge in [-0.1, -0.05) is 48.0 Å². The van der Waals surface area contributed by atoms with Gasteiger partial charge in [0.2, 0.25) is 11.8 Å². The zero-order valence-corrected chi connectivity index (χ0v) is 19.9. The molecule has 0 spiro atoms. The van der Waals surface area contributed by atoms with E-state index in [0.29, 0.717) is 43.7 Å². The third kappa shape index (κ3) is 6.59. The van der Waals surface area contributed by atoms with Crippen molar-refractivity contribution < 1.29 is 18.8 Å². The van der Waals surface area contributed by atoms with E-state index < -0.39 is 6.04 Å². The van der Waals surface area contributed by atoms with Crippen molar-refractivity contribution in [2.24, 2.45) is 5.92 Å². The molecule has 1 fully saturated rings. The van der Waals surface area contributed by atoms with Gasteiger partial charge in [0.1, 0.15) is 11.8 Å². The summed E-state index contributed by atoms with van der Waals surface area (Å²) in [5.74, 6) is 0.101. The summed E-state index contributed by atoms with van der Waals surface area (Å²) >= 11 is 0. The highest BCUT2D eigenvalue weighted by molar-refractivity contribution is 5.97. The molecule has 2 aromatic carbocycles. The summed E-state index contributed by atoms with van der Waals surface area (Å²) in [5, 5.41) is 5.84. The second-order valence-corrected chi connectivity index (χ2v) is 8.99. The molecular weight excluding hydrogens is 442 g/mol. The monoisotopic (exact) mass is 473 g/mol. The van der Waals surface area contributed by atoms with Crippen molar-refractivity contribution in [1.82, 2.24) is 15.5 Å². The van der Waals surface area contributed by atoms with E-state index in [4.69, 9.17) is 4.42 Å². The topological polar surface area (TPSA) is 91.7 Å². The third-order valence-electron chi connectivity index (χ3n) is 6.46. The van der Waals surface area contributed by atoms with E-state index in [9.17, 15) is 14.4 Å². The van der Waals surface area contributed by atoms with Gasteiger partial charge in [0.05, 0.1) is 19.2 Å². The van der Waals surface area contributed by atoms with Crippen molar-refractivity contribution in [3.63, 3.8) is 0 Å². The molecule has 1 atom stereocenters. The van der Waals surface area contributed by atoms with Crippen molar-refractivity contribution in [1.29, 1.82) is 0 Å². The van der Waals surface area contributed by atoms with Gasteiger partial charge in [-0.05, 0) is 55.5 Å². The van der Waals surface area contributed by atoms with Crippen LogP contribution >= 0.6 is 0 Å². The van der Waals surface area contributed by atoms with Crippen LogP contribution in [0.2, 0.25) is 0 Å². The smallest absolute Gasteiger partial charge is 0.251 e. The number of nitrogens with zero attached hydrogens (tertiary/aromatic N) is 1. The molecule has 0 bridgehead atoms. The maximum atomic E-state index is 13.2. The average molecular weight is 474 g/mol. The Labute approximate surface area is 205 Å². The molecule has 0 aliphatic carbocycles. The van der Waals surface area contributed by atoms with Crippen LogP contribution in [0, 0.1) is 12.8 Å². The molecule has 0 unspecified atom stereocenters. The van der Waals surface area contributed by atoms with E-state index in [0.717, 1.165) is 11.1 Å². The fourth-order valence-electron chi connectivity index (χ4n) is 4.39. The second-order valence-electron chi connectivity index (χ2n) is 8.99. The molecule has 7 nitrogen and oxygen atoms in total. The van der Waals surface area contributed by atoms with Crippen molar-refractivity contribution in [3.05, 3.63) is 95.4 Å². The van der Waals surface area contributed by atoms with Gasteiger partial charge < -0.3 is 20.0 Å². The predicted octanol–water partition coefficient (Wildman–Crippen LogP) is 3.48. The number of benzene rings is 2. The molecule has 1 aliphatic heterocycles. The van der Waals surface area contributed by atoms with E-state index in [2.05, 4.69) is 10.6 Å². The Hall–Kier alpha value is -3.87. The molecule has 35 heavy (non-hydrogen) atoms. The number of hydrogen-bond acceptors (Lipinski definition) is 4. The van der Waals surface area contributed by atoms with Gasteiger partial charge in [-0.15, -0.1) is 0 Å². The zero-order chi connectivity index (χ0) is 24.6. The van der Waals surface area contributed by atoms with E-state index >= 15 is 0 Å². The Bertz CT molecular complexity index is 1120. The Balaban J connectivity index is 1.40. The number of carbonyl (C=O) groups excluding carboxylic acids is 3. The van der Waals surface area contributed by atoms with Gasteiger partial charge in [0.15, 0.2) is 0 Å². The van der Waals surface area contributed by atoms with Crippen molar-refractivity contribution in [2.45, 2.75) is 38.8 Å². The molecule has 0 radical (unpaired) electrons. The van der Waals surface area contributed by atoms with Crippen molar-refractivity contribution in [3.8, 4) is 0 Å². The standard InChI is InChI=1S/C28H31N3O4/c1-20-9-11-23(12-10-20)27(33)30-26(28(34)29-19-24-8-5-17-35-24)22-13-15-31(16-14-22)25(32)18-21-6-3-2-4-7-21/h2-12,17,22,26H,13-16,18-19H2,1H3,(H,29,34)(H,30,33)/t26-/m0/s1. The van der Waals surface area contributed by atoms with Crippen LogP contribution in [0.3, 0.4) is 0 Å². The first-order valence-electron chi connectivity index (χ1n) is 12.0. The highest BCUT2D eigenvalue weighted by Crippen LogP contribution is 2.22. The molecule has 1 aromatic heterocycles. The quantitative estimate of drug-likeness (QED) is 0.524. The lowest BCUT2D eigenvalue weighted by atomic mass is 9.88. The molecule has 3 amide bonds. The van der Waals surface area contributed by atoms with Gasteiger partial charge in [-0.2, -0.15) is 0 Å². The molecule has 182 valence electrons. The first kappa shape index (κ1) is 24.3. The predicted molar refractivity (Wildman–Crippen MR) is 132 cm³/mol. The third-order valence-corrected chi connectivity index (χ3v) is 6.46. The van der Waals surface area contributed by atoms with Gasteiger partial charge in [-0.3, -0.25) is 14.4 Å². The Morgan fingerprint density at radius 2 is 1.69 bits per heavy atom. The number of aryl methyl sites for hydroxylation is 1. The van der Waals surface area contributed by atoms with E-state index in [1.807, 2.05) is 54.3 Å². The lowest BCUT2D eigenvalue weighted by Crippen LogP contribution is -2.53. The minimum atomic E-state index is -0.704. The molecule has 3 aromatic rings. The highest BCUT2D eigenvalue weighted by atomic mass is 16.3. The molecule has 2 N–H and O–H groups in total. The van der Waals surface area contributed by atoms with Crippen LogP contribution in [0.4, 0.5) is 0 Å². The van der Waals surface area contributed by atoms with Gasteiger partial charge in [0, 0.05) is 18.7 Å². The number of furan rings is 1. The van der Waals surface area contributed by atoms with Crippen LogP contribution in [0.5, 0.6) is 0 Å². The number of hydrogen-bond donors (Lipinski definition) is 2. The average Bonchev–Trinajstić information content (AvgIpc) is 3.41. The first-order chi connectivity index (χ1) is 17.0. The van der Waals surface area contributed by atoms with Crippen LogP contribution in [0.25, 0.3) is 0 Å². The summed E-state index contributed by atoms with van der Waals surface area (Å²) in [6.07, 6.45) is 3.18. The number of piperidine rings is 1. The highest BCUT2D eigenvalue weighted by Gasteiger charge is 2.34. The zero-order valence-electron chi connectivity index (χ0n) is 19.9. The second kappa shape index (κ2) is 11.5. The van der Waals surface area contributed by atoms with Crippen LogP contribution < -0.4 is 10.6 Å². The van der Waals surface area contributed by atoms with Crippen molar-refractivity contribution in [2.75, 3.05) is 13.1 Å². The lowest BCUT2D eigenvalue weighted by molar-refractivity contribution is -0.132. The van der Waals surface area contributed by atoms with Crippen LogP contribution in [0.15, 0.2) is 77.4 Å². The largest absolute Gasteiger partial charge is 0.467 e. The van der Waals surface area contributed by atoms with Gasteiger partial charge >= 0.3 is 0 Å². The van der Waals surface area contributed by atoms with E-state index in [1.165, 1.54) is 0 Å². The van der Waals surface area contributed by atoms with Gasteiger partial charge in [0.25, 0.3) is 5.91 Å². The fourth-order valence-corrected chi connectivity index (χ4v) is 4.39. The number of nitrogens with one attached hydrogen (secondary N) is 2. The maximum Gasteiger partial charge on any atom is 0.251 e. The number of rotatable bonds is 8. The fraction of sp³-hybridized carbons (Fsp3) is 0.321. The molecule has 0 saturated carbocycles. The molecule has 2 heterocycles. The van der Waals surface area contributed by atoms with Crippen LogP contribution in [0.1, 0.15) is 40.1 Å². The minimum absolute atomic E-state index is 0.0807. The molecule has 1 saturated heterocycles. The summed E-state index contributed by atoms with van der Waals surface area (Å²) in [5.41, 5.74) is 2.55. The van der Waals surface area contributed by atoms with Crippen molar-refractivity contribution >= 4 is 17.7 Å². The summed E-state index contributed by atoms with van der Waals surface area (Å²) in [6, 6.07) is 19.8. The SMILES string of the molecule is Cc1ccc(C(=O)N[C@H](C(=O)NCc2ccco2)C2CCN(C(=O)Cc3ccccc3)CC2)cc1. The van der Waals surface area contributed by atoms with E-state index in [-0.39, 0.29) is 30.2 Å². The molecule has 1 aliphatic rings. The Morgan fingerprint density at radius 3 is 2.34 bits per heavy atom. The number of amides is 3. The van der Waals surface area contributed by atoms with Crippen LogP contribution in [-0.2, 0) is 22.6 Å². The minimum Gasteiger partial charge on any atom is -0.467 e. The summed E-state index contributed by atoms with van der Waals surface area (Å²) < 4.78 is 5.31. The first-order valence-corrected chi connectivity index (χ1v) is 12.0. The molecule has 7 heteroatoms.